The zero-order chi connectivity index (χ0) is 19.9. The third-order valence-corrected chi connectivity index (χ3v) is 5.65. The van der Waals surface area contributed by atoms with Crippen molar-refractivity contribution in [3.8, 4) is 5.75 Å². The number of carbonyl (C=O) groups excluding carboxylic acids is 2. The lowest BCUT2D eigenvalue weighted by Gasteiger charge is -2.29. The number of para-hydroxylation sites is 1. The Kier molecular flexibility index (Phi) is 7.37. The molecule has 3 rings (SSSR count). The molecular formula is C21H30BNO5. The van der Waals surface area contributed by atoms with Crippen LogP contribution in [-0.2, 0) is 16.0 Å². The SMILES string of the molecule is CCCC(=O)N[C@H]1Cc2cccc(C(=O)OCCC3CCCCC3)c2OB1O. The zero-order valence-electron chi connectivity index (χ0n) is 16.6. The molecule has 28 heavy (non-hydrogen) atoms. The fourth-order valence-corrected chi connectivity index (χ4v) is 4.09. The Morgan fingerprint density at radius 3 is 2.82 bits per heavy atom. The molecule has 1 aromatic rings. The van der Waals surface area contributed by atoms with Crippen LogP contribution in [0.3, 0.4) is 0 Å². The Labute approximate surface area is 167 Å². The first-order chi connectivity index (χ1) is 13.6. The Hall–Kier alpha value is -2.02. The van der Waals surface area contributed by atoms with Gasteiger partial charge in [0.2, 0.25) is 5.91 Å². The van der Waals surface area contributed by atoms with Gasteiger partial charge in [-0.3, -0.25) is 4.79 Å². The summed E-state index contributed by atoms with van der Waals surface area (Å²) >= 11 is 0. The molecule has 152 valence electrons. The smallest absolute Gasteiger partial charge is 0.534 e. The van der Waals surface area contributed by atoms with Crippen LogP contribution in [0.4, 0.5) is 0 Å². The van der Waals surface area contributed by atoms with E-state index in [0.717, 1.165) is 18.4 Å². The molecular weight excluding hydrogens is 357 g/mol. The van der Waals surface area contributed by atoms with Gasteiger partial charge in [-0.05, 0) is 36.8 Å². The second-order valence-corrected chi connectivity index (χ2v) is 7.86. The highest BCUT2D eigenvalue weighted by atomic mass is 16.5. The Bertz CT molecular complexity index is 689. The van der Waals surface area contributed by atoms with Gasteiger partial charge in [0.15, 0.2) is 0 Å². The quantitative estimate of drug-likeness (QED) is 0.555. The van der Waals surface area contributed by atoms with Crippen molar-refractivity contribution in [2.75, 3.05) is 6.61 Å². The average molecular weight is 387 g/mol. The van der Waals surface area contributed by atoms with Crippen molar-refractivity contribution in [2.45, 2.75) is 70.7 Å². The van der Waals surface area contributed by atoms with Gasteiger partial charge in [-0.15, -0.1) is 0 Å². The number of carbonyl (C=O) groups is 2. The Morgan fingerprint density at radius 2 is 2.07 bits per heavy atom. The zero-order valence-corrected chi connectivity index (χ0v) is 16.6. The van der Waals surface area contributed by atoms with Crippen molar-refractivity contribution in [2.24, 2.45) is 5.92 Å². The van der Waals surface area contributed by atoms with Crippen LogP contribution in [0.1, 0.15) is 74.2 Å². The lowest BCUT2D eigenvalue weighted by Crippen LogP contribution is -2.53. The molecule has 1 saturated carbocycles. The molecule has 1 aliphatic heterocycles. The van der Waals surface area contributed by atoms with Crippen LogP contribution in [0.2, 0.25) is 0 Å². The van der Waals surface area contributed by atoms with Crippen LogP contribution in [0, 0.1) is 5.92 Å². The summed E-state index contributed by atoms with van der Waals surface area (Å²) in [5.41, 5.74) is 1.12. The lowest BCUT2D eigenvalue weighted by molar-refractivity contribution is -0.121. The summed E-state index contributed by atoms with van der Waals surface area (Å²) in [6.07, 6.45) is 8.75. The number of nitrogens with one attached hydrogen (secondary N) is 1. The molecule has 1 amide bonds. The van der Waals surface area contributed by atoms with E-state index in [1.807, 2.05) is 13.0 Å². The molecule has 2 aliphatic rings. The van der Waals surface area contributed by atoms with E-state index in [9.17, 15) is 14.6 Å². The van der Waals surface area contributed by atoms with E-state index in [0.29, 0.717) is 36.7 Å². The highest BCUT2D eigenvalue weighted by Gasteiger charge is 2.37. The molecule has 0 unspecified atom stereocenters. The molecule has 1 aliphatic carbocycles. The predicted octanol–water partition coefficient (Wildman–Crippen LogP) is 3.05. The summed E-state index contributed by atoms with van der Waals surface area (Å²) < 4.78 is 11.1. The van der Waals surface area contributed by atoms with E-state index in [4.69, 9.17) is 9.39 Å². The molecule has 6 nitrogen and oxygen atoms in total. The van der Waals surface area contributed by atoms with Crippen LogP contribution >= 0.6 is 0 Å². The van der Waals surface area contributed by atoms with E-state index in [2.05, 4.69) is 5.32 Å². The van der Waals surface area contributed by atoms with Gasteiger partial charge in [-0.2, -0.15) is 0 Å². The summed E-state index contributed by atoms with van der Waals surface area (Å²) in [5, 5.41) is 13.1. The Balaban J connectivity index is 1.60. The molecule has 2 N–H and O–H groups in total. The van der Waals surface area contributed by atoms with Crippen LogP contribution in [-0.4, -0.2) is 36.6 Å². The van der Waals surface area contributed by atoms with Gasteiger partial charge >= 0.3 is 13.1 Å². The number of amides is 1. The first-order valence-electron chi connectivity index (χ1n) is 10.5. The molecule has 7 heteroatoms. The summed E-state index contributed by atoms with van der Waals surface area (Å²) in [7, 11) is -1.19. The van der Waals surface area contributed by atoms with Crippen LogP contribution in [0.5, 0.6) is 5.75 Å². The normalized spacial score (nSPS) is 19.5. The minimum Gasteiger partial charge on any atom is -0.534 e. The van der Waals surface area contributed by atoms with Crippen LogP contribution < -0.4 is 9.97 Å². The fraction of sp³-hybridized carbons (Fsp3) is 0.619. The third kappa shape index (κ3) is 5.28. The number of benzene rings is 1. The van der Waals surface area contributed by atoms with Gasteiger partial charge in [-0.25, -0.2) is 4.79 Å². The molecule has 1 aromatic carbocycles. The molecule has 1 atom stereocenters. The summed E-state index contributed by atoms with van der Waals surface area (Å²) in [6.45, 7) is 2.33. The van der Waals surface area contributed by atoms with Crippen molar-refractivity contribution in [3.05, 3.63) is 29.3 Å². The second kappa shape index (κ2) is 9.96. The first kappa shape index (κ1) is 20.7. The number of hydrogen-bond donors (Lipinski definition) is 2. The monoisotopic (exact) mass is 387 g/mol. The number of esters is 1. The van der Waals surface area contributed by atoms with Gasteiger partial charge in [0.25, 0.3) is 0 Å². The maximum Gasteiger partial charge on any atom is 0.547 e. The standard InChI is InChI=1S/C21H30BNO5/c1-2-7-19(24)23-18-14-16-10-6-11-17(20(16)28-22(18)26)21(25)27-13-12-15-8-4-3-5-9-15/h6,10-11,15,18,26H,2-5,7-9,12-14H2,1H3,(H,23,24)/t18-/m0/s1. The van der Waals surface area contributed by atoms with E-state index in [1.165, 1.54) is 32.1 Å². The molecule has 0 bridgehead atoms. The van der Waals surface area contributed by atoms with E-state index >= 15 is 0 Å². The number of hydrogen-bond acceptors (Lipinski definition) is 5. The second-order valence-electron chi connectivity index (χ2n) is 7.86. The minimum atomic E-state index is -1.19. The van der Waals surface area contributed by atoms with E-state index < -0.39 is 19.0 Å². The molecule has 0 radical (unpaired) electrons. The first-order valence-corrected chi connectivity index (χ1v) is 10.5. The summed E-state index contributed by atoms with van der Waals surface area (Å²) in [4.78, 5) is 24.4. The van der Waals surface area contributed by atoms with Gasteiger partial charge < -0.3 is 19.7 Å². The highest BCUT2D eigenvalue weighted by Crippen LogP contribution is 2.31. The van der Waals surface area contributed by atoms with Gasteiger partial charge in [0.1, 0.15) is 11.3 Å². The van der Waals surface area contributed by atoms with Crippen molar-refractivity contribution in [1.82, 2.24) is 5.32 Å². The van der Waals surface area contributed by atoms with Crippen molar-refractivity contribution < 1.29 is 24.0 Å². The number of ether oxygens (including phenoxy) is 1. The van der Waals surface area contributed by atoms with E-state index in [1.54, 1.807) is 12.1 Å². The maximum atomic E-state index is 12.6. The van der Waals surface area contributed by atoms with Gasteiger partial charge in [0, 0.05) is 6.42 Å². The maximum absolute atomic E-state index is 12.6. The number of rotatable bonds is 7. The van der Waals surface area contributed by atoms with Gasteiger partial charge in [0.05, 0.1) is 12.5 Å². The lowest BCUT2D eigenvalue weighted by atomic mass is 9.72. The highest BCUT2D eigenvalue weighted by molar-refractivity contribution is 6.47. The number of fused-ring (bicyclic) bond motifs is 1. The van der Waals surface area contributed by atoms with E-state index in [-0.39, 0.29) is 5.91 Å². The van der Waals surface area contributed by atoms with Crippen LogP contribution in [0.25, 0.3) is 0 Å². The molecule has 0 aromatic heterocycles. The van der Waals surface area contributed by atoms with Crippen LogP contribution in [0.15, 0.2) is 18.2 Å². The van der Waals surface area contributed by atoms with Gasteiger partial charge in [-0.1, -0.05) is 51.2 Å². The van der Waals surface area contributed by atoms with Crippen molar-refractivity contribution in [3.63, 3.8) is 0 Å². The van der Waals surface area contributed by atoms with Crippen molar-refractivity contribution in [1.29, 1.82) is 0 Å². The fourth-order valence-electron chi connectivity index (χ4n) is 4.09. The third-order valence-electron chi connectivity index (χ3n) is 5.65. The summed E-state index contributed by atoms with van der Waals surface area (Å²) in [6, 6.07) is 5.28. The average Bonchev–Trinajstić information content (AvgIpc) is 2.69. The topological polar surface area (TPSA) is 84.9 Å². The minimum absolute atomic E-state index is 0.114. The molecule has 0 saturated heterocycles. The largest absolute Gasteiger partial charge is 0.547 e. The Morgan fingerprint density at radius 1 is 1.29 bits per heavy atom. The molecule has 0 spiro atoms. The summed E-state index contributed by atoms with van der Waals surface area (Å²) in [5.74, 6) is -0.0511. The predicted molar refractivity (Wildman–Crippen MR) is 107 cm³/mol. The molecule has 1 heterocycles. The molecule has 1 fully saturated rings. The van der Waals surface area contributed by atoms with Crippen molar-refractivity contribution >= 4 is 19.0 Å².